The van der Waals surface area contributed by atoms with Crippen LogP contribution in [0.2, 0.25) is 5.15 Å². The zero-order valence-electron chi connectivity index (χ0n) is 17.9. The minimum Gasteiger partial charge on any atom is -0.382 e. The van der Waals surface area contributed by atoms with Crippen molar-refractivity contribution in [3.63, 3.8) is 0 Å². The molecule has 2 aliphatic heterocycles. The maximum atomic E-state index is 12.4. The smallest absolute Gasteiger partial charge is 0.273 e. The van der Waals surface area contributed by atoms with Crippen molar-refractivity contribution in [1.29, 1.82) is 0 Å². The summed E-state index contributed by atoms with van der Waals surface area (Å²) in [6, 6.07) is 1.10. The predicted molar refractivity (Wildman–Crippen MR) is 120 cm³/mol. The Morgan fingerprint density at radius 2 is 2.00 bits per heavy atom. The van der Waals surface area contributed by atoms with E-state index in [0.717, 1.165) is 51.5 Å². The van der Waals surface area contributed by atoms with Gasteiger partial charge in [-0.1, -0.05) is 31.4 Å². The molecular formula is C21H34ClN7O. The standard InChI is InChI=1S/C21H34ClN7O/c1-2-15-13-28(11-12-29(15)16-6-8-24-9-7-16)20-18(22)26-17(19(23)27-20)21(30)25-10-5-14-3-4-14/h14-16,24H,2-13H2,1H3,(H2,23,27)(H,25,30)/t15-/m0/s1. The van der Waals surface area contributed by atoms with Crippen LogP contribution in [-0.4, -0.2) is 72.1 Å². The Morgan fingerprint density at radius 3 is 2.70 bits per heavy atom. The molecule has 0 radical (unpaired) electrons. The van der Waals surface area contributed by atoms with Gasteiger partial charge in [0.05, 0.1) is 0 Å². The molecule has 4 rings (SSSR count). The Balaban J connectivity index is 1.41. The molecule has 166 valence electrons. The van der Waals surface area contributed by atoms with Gasteiger partial charge in [0.25, 0.3) is 5.91 Å². The topological polar surface area (TPSA) is 99.4 Å². The van der Waals surface area contributed by atoms with Crippen LogP contribution in [0.15, 0.2) is 0 Å². The second-order valence-electron chi connectivity index (χ2n) is 8.79. The Hall–Kier alpha value is -1.64. The second kappa shape index (κ2) is 9.66. The largest absolute Gasteiger partial charge is 0.382 e. The van der Waals surface area contributed by atoms with Crippen molar-refractivity contribution in [2.24, 2.45) is 5.92 Å². The lowest BCUT2D eigenvalue weighted by Crippen LogP contribution is -2.58. The molecule has 1 saturated carbocycles. The van der Waals surface area contributed by atoms with Crippen LogP contribution in [0.3, 0.4) is 0 Å². The second-order valence-corrected chi connectivity index (χ2v) is 9.14. The summed E-state index contributed by atoms with van der Waals surface area (Å²) in [5.41, 5.74) is 6.24. The number of halogens is 1. The lowest BCUT2D eigenvalue weighted by molar-refractivity contribution is 0.0933. The van der Waals surface area contributed by atoms with Gasteiger partial charge in [0, 0.05) is 38.3 Å². The first-order chi connectivity index (χ1) is 14.6. The number of piperazine rings is 1. The molecule has 4 N–H and O–H groups in total. The van der Waals surface area contributed by atoms with Crippen molar-refractivity contribution in [3.05, 3.63) is 10.8 Å². The van der Waals surface area contributed by atoms with E-state index in [2.05, 4.69) is 37.3 Å². The number of amides is 1. The van der Waals surface area contributed by atoms with E-state index in [1.54, 1.807) is 0 Å². The van der Waals surface area contributed by atoms with Gasteiger partial charge in [-0.25, -0.2) is 9.97 Å². The highest BCUT2D eigenvalue weighted by Crippen LogP contribution is 2.32. The van der Waals surface area contributed by atoms with E-state index in [-0.39, 0.29) is 22.6 Å². The average molecular weight is 436 g/mol. The molecule has 0 spiro atoms. The first-order valence-corrected chi connectivity index (χ1v) is 11.8. The fraction of sp³-hybridized carbons (Fsp3) is 0.762. The maximum Gasteiger partial charge on any atom is 0.273 e. The molecule has 0 bridgehead atoms. The Morgan fingerprint density at radius 1 is 1.23 bits per heavy atom. The van der Waals surface area contributed by atoms with E-state index in [0.29, 0.717) is 24.4 Å². The highest BCUT2D eigenvalue weighted by molar-refractivity contribution is 6.32. The quantitative estimate of drug-likeness (QED) is 0.601. The number of anilines is 2. The van der Waals surface area contributed by atoms with Gasteiger partial charge in [-0.3, -0.25) is 9.69 Å². The zero-order valence-corrected chi connectivity index (χ0v) is 18.6. The van der Waals surface area contributed by atoms with E-state index in [9.17, 15) is 4.79 Å². The van der Waals surface area contributed by atoms with Gasteiger partial charge >= 0.3 is 0 Å². The van der Waals surface area contributed by atoms with E-state index < -0.39 is 0 Å². The van der Waals surface area contributed by atoms with Crippen LogP contribution in [-0.2, 0) is 0 Å². The summed E-state index contributed by atoms with van der Waals surface area (Å²) >= 11 is 6.48. The first kappa shape index (κ1) is 21.6. The summed E-state index contributed by atoms with van der Waals surface area (Å²) in [6.45, 7) is 7.73. The Bertz CT molecular complexity index is 751. The predicted octanol–water partition coefficient (Wildman–Crippen LogP) is 1.89. The fourth-order valence-electron chi connectivity index (χ4n) is 4.71. The molecule has 2 saturated heterocycles. The average Bonchev–Trinajstić information content (AvgIpc) is 3.59. The maximum absolute atomic E-state index is 12.4. The minimum atomic E-state index is -0.295. The van der Waals surface area contributed by atoms with Crippen molar-refractivity contribution < 1.29 is 4.79 Å². The van der Waals surface area contributed by atoms with Crippen molar-refractivity contribution in [2.45, 2.75) is 57.5 Å². The SMILES string of the molecule is CC[C@H]1CN(c2nc(N)c(C(=O)NCCC3CC3)nc2Cl)CCN1C1CCNCC1. The number of rotatable bonds is 7. The van der Waals surface area contributed by atoms with Crippen molar-refractivity contribution in [3.8, 4) is 0 Å². The van der Waals surface area contributed by atoms with Crippen molar-refractivity contribution in [2.75, 3.05) is 49.9 Å². The lowest BCUT2D eigenvalue weighted by Gasteiger charge is -2.46. The normalized spacial score (nSPS) is 23.5. The van der Waals surface area contributed by atoms with Gasteiger partial charge in [-0.15, -0.1) is 0 Å². The molecule has 0 aromatic carbocycles. The van der Waals surface area contributed by atoms with E-state index in [4.69, 9.17) is 17.3 Å². The van der Waals surface area contributed by atoms with E-state index >= 15 is 0 Å². The molecule has 1 amide bonds. The van der Waals surface area contributed by atoms with Gasteiger partial charge in [0.2, 0.25) is 0 Å². The molecule has 3 heterocycles. The number of hydrogen-bond acceptors (Lipinski definition) is 7. The van der Waals surface area contributed by atoms with Crippen molar-refractivity contribution >= 4 is 29.1 Å². The number of carbonyl (C=O) groups excluding carboxylic acids is 1. The van der Waals surface area contributed by atoms with E-state index in [1.807, 2.05) is 0 Å². The van der Waals surface area contributed by atoms with Gasteiger partial charge < -0.3 is 21.3 Å². The number of hydrogen-bond donors (Lipinski definition) is 3. The minimum absolute atomic E-state index is 0.125. The van der Waals surface area contributed by atoms with Gasteiger partial charge in [-0.05, 0) is 44.7 Å². The van der Waals surface area contributed by atoms with Gasteiger partial charge in [0.15, 0.2) is 22.5 Å². The van der Waals surface area contributed by atoms with Crippen LogP contribution in [0.5, 0.6) is 0 Å². The van der Waals surface area contributed by atoms with Crippen LogP contribution >= 0.6 is 11.6 Å². The third-order valence-electron chi connectivity index (χ3n) is 6.69. The van der Waals surface area contributed by atoms with E-state index in [1.165, 1.54) is 25.7 Å². The number of nitrogen functional groups attached to an aromatic ring is 1. The van der Waals surface area contributed by atoms with Gasteiger partial charge in [-0.2, -0.15) is 0 Å². The highest BCUT2D eigenvalue weighted by atomic mass is 35.5. The summed E-state index contributed by atoms with van der Waals surface area (Å²) in [6.07, 6.45) is 7.01. The lowest BCUT2D eigenvalue weighted by atomic mass is 9.99. The van der Waals surface area contributed by atoms with Crippen LogP contribution in [0.4, 0.5) is 11.6 Å². The number of piperidine rings is 1. The van der Waals surface area contributed by atoms with Crippen LogP contribution < -0.4 is 21.3 Å². The number of nitrogens with zero attached hydrogens (tertiary/aromatic N) is 4. The molecule has 1 aliphatic carbocycles. The molecule has 9 heteroatoms. The summed E-state index contributed by atoms with van der Waals surface area (Å²) in [7, 11) is 0. The molecule has 1 aromatic heterocycles. The molecule has 1 aromatic rings. The molecule has 8 nitrogen and oxygen atoms in total. The summed E-state index contributed by atoms with van der Waals surface area (Å²) in [5, 5.41) is 6.59. The summed E-state index contributed by atoms with van der Waals surface area (Å²) < 4.78 is 0. The number of nitrogens with one attached hydrogen (secondary N) is 2. The third-order valence-corrected chi connectivity index (χ3v) is 6.94. The van der Waals surface area contributed by atoms with Gasteiger partial charge in [0.1, 0.15) is 0 Å². The fourth-order valence-corrected chi connectivity index (χ4v) is 4.96. The Kier molecular flexibility index (Phi) is 6.95. The number of nitrogens with two attached hydrogens (primary N) is 1. The summed E-state index contributed by atoms with van der Waals surface area (Å²) in [5.74, 6) is 1.20. The molecule has 0 unspecified atom stereocenters. The molecular weight excluding hydrogens is 402 g/mol. The molecule has 3 fully saturated rings. The monoisotopic (exact) mass is 435 g/mol. The zero-order chi connectivity index (χ0) is 21.1. The number of aromatic nitrogens is 2. The van der Waals surface area contributed by atoms with Crippen LogP contribution in [0.25, 0.3) is 0 Å². The highest BCUT2D eigenvalue weighted by Gasteiger charge is 2.33. The number of carbonyl (C=O) groups is 1. The summed E-state index contributed by atoms with van der Waals surface area (Å²) in [4.78, 5) is 26.1. The van der Waals surface area contributed by atoms with Crippen molar-refractivity contribution in [1.82, 2.24) is 25.5 Å². The van der Waals surface area contributed by atoms with Crippen LogP contribution in [0.1, 0.15) is 55.9 Å². The van der Waals surface area contributed by atoms with Crippen LogP contribution in [0, 0.1) is 5.92 Å². The molecule has 1 atom stereocenters. The third kappa shape index (κ3) is 4.98. The molecule has 30 heavy (non-hydrogen) atoms. The Labute approximate surface area is 183 Å². The first-order valence-electron chi connectivity index (χ1n) is 11.4. The molecule has 3 aliphatic rings.